The molecule has 0 saturated carbocycles. The van der Waals surface area contributed by atoms with Crippen LogP contribution in [0.1, 0.15) is 44.5 Å². The van der Waals surface area contributed by atoms with Crippen LogP contribution in [0, 0.1) is 0 Å². The van der Waals surface area contributed by atoms with Gasteiger partial charge in [-0.05, 0) is 124 Å². The molecule has 1 unspecified atom stereocenters. The van der Waals surface area contributed by atoms with Gasteiger partial charge in [-0.1, -0.05) is 243 Å². The maximum Gasteiger partial charge on any atom is 0.0755 e. The zero-order valence-corrected chi connectivity index (χ0v) is 41.5. The third-order valence-electron chi connectivity index (χ3n) is 17.6. The Morgan fingerprint density at radius 2 is 0.711 bits per heavy atom. The highest BCUT2D eigenvalue weighted by Crippen LogP contribution is 2.65. The number of hydrogen-bond acceptors (Lipinski definition) is 1. The van der Waals surface area contributed by atoms with Crippen LogP contribution in [-0.4, -0.2) is 4.57 Å². The Morgan fingerprint density at radius 1 is 0.276 bits per heavy atom. The van der Waals surface area contributed by atoms with E-state index in [0.29, 0.717) is 0 Å². The van der Waals surface area contributed by atoms with Crippen molar-refractivity contribution >= 4 is 71.2 Å². The Labute approximate surface area is 440 Å². The van der Waals surface area contributed by atoms with Gasteiger partial charge in [-0.25, -0.2) is 0 Å². The minimum atomic E-state index is -0.617. The fraction of sp³-hybridized carbons (Fsp3) is 0.0270. The van der Waals surface area contributed by atoms with Gasteiger partial charge in [-0.15, -0.1) is 0 Å². The number of anilines is 3. The lowest BCUT2D eigenvalue weighted by Gasteiger charge is -2.39. The van der Waals surface area contributed by atoms with E-state index >= 15 is 0 Å². The van der Waals surface area contributed by atoms with E-state index < -0.39 is 10.8 Å². The van der Waals surface area contributed by atoms with Crippen molar-refractivity contribution in [1.29, 1.82) is 0 Å². The second-order valence-electron chi connectivity index (χ2n) is 21.0. The Kier molecular flexibility index (Phi) is 8.44. The van der Waals surface area contributed by atoms with Crippen molar-refractivity contribution in [3.63, 3.8) is 0 Å². The fourth-order valence-electron chi connectivity index (χ4n) is 14.9. The molecule has 2 aliphatic carbocycles. The molecule has 0 fully saturated rings. The summed E-state index contributed by atoms with van der Waals surface area (Å²) in [7, 11) is 0. The predicted octanol–water partition coefficient (Wildman–Crippen LogP) is 18.8. The molecule has 1 aromatic heterocycles. The molecule has 76 heavy (non-hydrogen) atoms. The maximum absolute atomic E-state index is 2.63. The fourth-order valence-corrected chi connectivity index (χ4v) is 14.9. The van der Waals surface area contributed by atoms with Gasteiger partial charge in [-0.3, -0.25) is 0 Å². The van der Waals surface area contributed by atoms with Gasteiger partial charge in [0, 0.05) is 27.6 Å². The van der Waals surface area contributed by atoms with Crippen LogP contribution in [0.3, 0.4) is 0 Å². The summed E-state index contributed by atoms with van der Waals surface area (Å²) in [5.41, 5.74) is 21.2. The molecular formula is C74H46N2. The summed E-state index contributed by atoms with van der Waals surface area (Å²) in [5.74, 6) is 0. The number of rotatable bonds is 5. The second-order valence-corrected chi connectivity index (χ2v) is 21.0. The Balaban J connectivity index is 1.02. The molecule has 14 aromatic rings. The normalized spacial score (nSPS) is 15.3. The van der Waals surface area contributed by atoms with E-state index in [1.807, 2.05) is 0 Å². The minimum Gasteiger partial charge on any atom is -0.309 e. The molecule has 0 radical (unpaired) electrons. The average Bonchev–Trinajstić information content (AvgIpc) is 4.06. The first-order valence-electron chi connectivity index (χ1n) is 26.6. The second kappa shape index (κ2) is 15.4. The summed E-state index contributed by atoms with van der Waals surface area (Å²) >= 11 is 0. The number of para-hydroxylation sites is 3. The number of nitrogens with zero attached hydrogens (tertiary/aromatic N) is 2. The summed E-state index contributed by atoms with van der Waals surface area (Å²) in [6.45, 7) is 0. The SMILES string of the molecule is c1ccc(C2(c3ccccc3)c3ccccc3-c3c(N(c4ccc5c6ccccc6c6ccccc6c5c4)c4cccc5c4-c4ccccc4C54c5ccccc5-n5c6ccccc6c6cccc4c65)cccc32)cc1. The van der Waals surface area contributed by atoms with Crippen molar-refractivity contribution in [3.05, 3.63) is 324 Å². The predicted molar refractivity (Wildman–Crippen MR) is 316 cm³/mol. The summed E-state index contributed by atoms with van der Waals surface area (Å²) in [4.78, 5) is 2.63. The topological polar surface area (TPSA) is 8.17 Å². The first-order valence-corrected chi connectivity index (χ1v) is 26.6. The van der Waals surface area contributed by atoms with Gasteiger partial charge in [0.15, 0.2) is 0 Å². The molecule has 3 aliphatic rings. The molecular weight excluding hydrogens is 917 g/mol. The van der Waals surface area contributed by atoms with Gasteiger partial charge >= 0.3 is 0 Å². The van der Waals surface area contributed by atoms with E-state index in [9.17, 15) is 0 Å². The van der Waals surface area contributed by atoms with Crippen LogP contribution in [0.4, 0.5) is 17.1 Å². The molecule has 17 rings (SSSR count). The molecule has 0 N–H and O–H groups in total. The third-order valence-corrected chi connectivity index (χ3v) is 17.6. The molecule has 13 aromatic carbocycles. The summed E-state index contributed by atoms with van der Waals surface area (Å²) < 4.78 is 2.54. The van der Waals surface area contributed by atoms with E-state index in [-0.39, 0.29) is 0 Å². The van der Waals surface area contributed by atoms with Gasteiger partial charge in [0.25, 0.3) is 0 Å². The number of hydrogen-bond donors (Lipinski definition) is 0. The zero-order valence-electron chi connectivity index (χ0n) is 41.5. The van der Waals surface area contributed by atoms with Gasteiger partial charge in [-0.2, -0.15) is 0 Å². The van der Waals surface area contributed by atoms with E-state index in [1.165, 1.54) is 127 Å². The van der Waals surface area contributed by atoms with Crippen molar-refractivity contribution in [3.8, 4) is 27.9 Å². The quantitative estimate of drug-likeness (QED) is 0.156. The Morgan fingerprint density at radius 3 is 1.34 bits per heavy atom. The molecule has 0 saturated heterocycles. The molecule has 352 valence electrons. The van der Waals surface area contributed by atoms with Crippen molar-refractivity contribution in [2.24, 2.45) is 0 Å². The lowest BCUT2D eigenvalue weighted by molar-refractivity contribution is 0.748. The first kappa shape index (κ1) is 41.7. The highest BCUT2D eigenvalue weighted by molar-refractivity contribution is 6.26. The van der Waals surface area contributed by atoms with Crippen molar-refractivity contribution in [2.75, 3.05) is 4.90 Å². The van der Waals surface area contributed by atoms with E-state index in [0.717, 1.165) is 17.1 Å². The summed E-state index contributed by atoms with van der Waals surface area (Å²) in [6, 6.07) is 105. The van der Waals surface area contributed by atoms with Gasteiger partial charge in [0.1, 0.15) is 0 Å². The molecule has 2 nitrogen and oxygen atoms in total. The van der Waals surface area contributed by atoms with Crippen LogP contribution in [-0.2, 0) is 10.8 Å². The van der Waals surface area contributed by atoms with Crippen molar-refractivity contribution in [2.45, 2.75) is 10.8 Å². The van der Waals surface area contributed by atoms with Gasteiger partial charge in [0.05, 0.1) is 38.9 Å². The van der Waals surface area contributed by atoms with E-state index in [4.69, 9.17) is 0 Å². The van der Waals surface area contributed by atoms with Crippen LogP contribution in [0.15, 0.2) is 279 Å². The Hall–Kier alpha value is -9.76. The van der Waals surface area contributed by atoms with Crippen LogP contribution >= 0.6 is 0 Å². The van der Waals surface area contributed by atoms with E-state index in [2.05, 4.69) is 289 Å². The first-order chi connectivity index (χ1) is 37.8. The average molecular weight is 963 g/mol. The molecule has 0 bridgehead atoms. The van der Waals surface area contributed by atoms with Crippen LogP contribution in [0.25, 0.3) is 82.1 Å². The van der Waals surface area contributed by atoms with Crippen LogP contribution in [0.2, 0.25) is 0 Å². The summed E-state index contributed by atoms with van der Waals surface area (Å²) in [6.07, 6.45) is 0. The number of fused-ring (bicyclic) bond motifs is 21. The Bertz CT molecular complexity index is 4700. The van der Waals surface area contributed by atoms with Crippen molar-refractivity contribution < 1.29 is 0 Å². The summed E-state index contributed by atoms with van der Waals surface area (Å²) in [5, 5.41) is 10.1. The van der Waals surface area contributed by atoms with Crippen LogP contribution < -0.4 is 4.90 Å². The highest BCUT2D eigenvalue weighted by Gasteiger charge is 2.52. The lowest BCUT2D eigenvalue weighted by Crippen LogP contribution is -2.33. The smallest absolute Gasteiger partial charge is 0.0755 e. The standard InChI is InChI=1S/C74H46N2/c1-3-22-47(23-4-1)73(48-24-5-2-6-25-48)60-34-14-11-31-57(60)70-63(73)37-20-42-68(70)75(49-44-45-54-52-28-8-7-26-50(52)51-27-9-10-29-53(51)59(54)46-49)69-43-21-38-64-71(69)58-32-12-15-35-61(58)74(64)62-36-16-18-41-67(62)76-66-40-17-13-30-55(66)56-33-19-39-65(74)72(56)76/h1-46H. The molecule has 1 atom stereocenters. The third kappa shape index (κ3) is 5.16. The van der Waals surface area contributed by atoms with E-state index in [1.54, 1.807) is 0 Å². The van der Waals surface area contributed by atoms with Crippen LogP contribution in [0.5, 0.6) is 0 Å². The number of benzene rings is 13. The number of aromatic nitrogens is 1. The monoisotopic (exact) mass is 962 g/mol. The van der Waals surface area contributed by atoms with Gasteiger partial charge in [0.2, 0.25) is 0 Å². The molecule has 0 amide bonds. The largest absolute Gasteiger partial charge is 0.309 e. The van der Waals surface area contributed by atoms with Crippen molar-refractivity contribution in [1.82, 2.24) is 4.57 Å². The molecule has 1 aliphatic heterocycles. The van der Waals surface area contributed by atoms with Gasteiger partial charge < -0.3 is 9.47 Å². The molecule has 1 spiro atoms. The highest BCUT2D eigenvalue weighted by atomic mass is 15.2. The molecule has 2 heterocycles. The zero-order chi connectivity index (χ0) is 49.7. The lowest BCUT2D eigenvalue weighted by atomic mass is 9.65. The minimum absolute atomic E-state index is 0.577. The molecule has 2 heteroatoms. The maximum atomic E-state index is 2.63.